The number of Topliss-reactive ketones (excluding diaryl/α,β-unsaturated/α-hetero) is 1. The quantitative estimate of drug-likeness (QED) is 0.152. The number of hydrogen-bond acceptors (Lipinski definition) is 5. The molecule has 0 bridgehead atoms. The van der Waals surface area contributed by atoms with Crippen LogP contribution in [0.1, 0.15) is 56.3 Å². The molecule has 1 aliphatic rings. The number of carbonyl (C=O) groups excluding carboxylic acids is 2. The van der Waals surface area contributed by atoms with E-state index >= 15 is 0 Å². The predicted octanol–water partition coefficient (Wildman–Crippen LogP) is 6.72. The number of nitrogens with one attached hydrogen (secondary N) is 1. The van der Waals surface area contributed by atoms with Gasteiger partial charge in [0.15, 0.2) is 0 Å². The Morgan fingerprint density at radius 2 is 1.74 bits per heavy atom. The van der Waals surface area contributed by atoms with Crippen molar-refractivity contribution >= 4 is 34.0 Å². The van der Waals surface area contributed by atoms with Crippen molar-refractivity contribution in [1.29, 1.82) is 0 Å². The number of aliphatic hydroxyl groups excluding tert-OH is 1. The Kier molecular flexibility index (Phi) is 7.15. The zero-order valence-corrected chi connectivity index (χ0v) is 22.5. The van der Waals surface area contributed by atoms with Crippen LogP contribution >= 0.6 is 0 Å². The van der Waals surface area contributed by atoms with Gasteiger partial charge in [-0.2, -0.15) is 0 Å². The van der Waals surface area contributed by atoms with E-state index in [2.05, 4.69) is 4.98 Å². The van der Waals surface area contributed by atoms with Crippen molar-refractivity contribution in [2.24, 2.45) is 0 Å². The van der Waals surface area contributed by atoms with Crippen LogP contribution in [0.2, 0.25) is 0 Å². The monoisotopic (exact) mass is 524 g/mol. The van der Waals surface area contributed by atoms with E-state index in [-0.39, 0.29) is 17.3 Å². The number of fused-ring (bicyclic) bond motifs is 1. The van der Waals surface area contributed by atoms with Gasteiger partial charge in [-0.3, -0.25) is 14.5 Å². The summed E-state index contributed by atoms with van der Waals surface area (Å²) in [5.41, 5.74) is 3.47. The van der Waals surface area contributed by atoms with Gasteiger partial charge in [0.25, 0.3) is 11.7 Å². The lowest BCUT2D eigenvalue weighted by Crippen LogP contribution is -2.29. The van der Waals surface area contributed by atoms with E-state index in [4.69, 9.17) is 9.47 Å². The lowest BCUT2D eigenvalue weighted by atomic mass is 9.93. The van der Waals surface area contributed by atoms with Gasteiger partial charge < -0.3 is 19.6 Å². The van der Waals surface area contributed by atoms with Crippen LogP contribution in [0.4, 0.5) is 5.69 Å². The second kappa shape index (κ2) is 10.7. The molecule has 7 nitrogen and oxygen atoms in total. The summed E-state index contributed by atoms with van der Waals surface area (Å²) < 4.78 is 11.5. The molecule has 1 fully saturated rings. The second-order valence-electron chi connectivity index (χ2n) is 9.73. The second-order valence-corrected chi connectivity index (χ2v) is 9.73. The van der Waals surface area contributed by atoms with Gasteiger partial charge in [0.2, 0.25) is 0 Å². The van der Waals surface area contributed by atoms with Gasteiger partial charge in [0, 0.05) is 40.0 Å². The molecule has 2 N–H and O–H groups in total. The third kappa shape index (κ3) is 4.65. The Morgan fingerprint density at radius 1 is 0.974 bits per heavy atom. The molecule has 1 saturated heterocycles. The predicted molar refractivity (Wildman–Crippen MR) is 152 cm³/mol. The maximum atomic E-state index is 13.7. The number of aliphatic hydroxyl groups is 1. The number of ketones is 1. The molecule has 1 unspecified atom stereocenters. The van der Waals surface area contributed by atoms with E-state index < -0.39 is 17.7 Å². The highest BCUT2D eigenvalue weighted by atomic mass is 16.5. The molecular weight excluding hydrogens is 492 g/mol. The van der Waals surface area contributed by atoms with E-state index in [0.717, 1.165) is 22.2 Å². The van der Waals surface area contributed by atoms with Crippen LogP contribution in [-0.2, 0) is 9.59 Å². The first kappa shape index (κ1) is 26.1. The van der Waals surface area contributed by atoms with Crippen LogP contribution in [0.15, 0.2) is 78.5 Å². The SMILES string of the molecule is CCOc1cccc(N2C(=O)C(=O)/C(=C(/O)c3ccc(OCC)c(C(C)C)c3)C2c2c[nH]c3ccccc23)c1. The smallest absolute Gasteiger partial charge is 0.300 e. The molecule has 1 aromatic heterocycles. The van der Waals surface area contributed by atoms with Gasteiger partial charge in [-0.1, -0.05) is 38.1 Å². The fourth-order valence-corrected chi connectivity index (χ4v) is 5.19. The van der Waals surface area contributed by atoms with E-state index in [1.165, 1.54) is 4.90 Å². The molecule has 0 radical (unpaired) electrons. The molecule has 39 heavy (non-hydrogen) atoms. The summed E-state index contributed by atoms with van der Waals surface area (Å²) in [6.45, 7) is 8.85. The third-order valence-corrected chi connectivity index (χ3v) is 6.97. The summed E-state index contributed by atoms with van der Waals surface area (Å²) in [5.74, 6) is -0.252. The minimum absolute atomic E-state index is 0.0328. The van der Waals surface area contributed by atoms with E-state index in [1.54, 1.807) is 42.6 Å². The minimum Gasteiger partial charge on any atom is -0.507 e. The van der Waals surface area contributed by atoms with Gasteiger partial charge in [0.05, 0.1) is 24.8 Å². The largest absolute Gasteiger partial charge is 0.507 e. The highest BCUT2D eigenvalue weighted by molar-refractivity contribution is 6.52. The van der Waals surface area contributed by atoms with E-state index in [9.17, 15) is 14.7 Å². The lowest BCUT2D eigenvalue weighted by molar-refractivity contribution is -0.132. The number of aromatic nitrogens is 1. The van der Waals surface area contributed by atoms with Crippen LogP contribution < -0.4 is 14.4 Å². The van der Waals surface area contributed by atoms with E-state index in [0.29, 0.717) is 35.8 Å². The van der Waals surface area contributed by atoms with Crippen molar-refractivity contribution in [3.63, 3.8) is 0 Å². The van der Waals surface area contributed by atoms with Crippen molar-refractivity contribution < 1.29 is 24.2 Å². The third-order valence-electron chi connectivity index (χ3n) is 6.97. The van der Waals surface area contributed by atoms with Crippen LogP contribution in [0.25, 0.3) is 16.7 Å². The first-order valence-electron chi connectivity index (χ1n) is 13.2. The van der Waals surface area contributed by atoms with Crippen LogP contribution in [0, 0.1) is 0 Å². The summed E-state index contributed by atoms with van der Waals surface area (Å²) in [6.07, 6.45) is 1.80. The molecule has 3 aromatic carbocycles. The van der Waals surface area contributed by atoms with Crippen LogP contribution in [-0.4, -0.2) is 35.0 Å². The molecule has 200 valence electrons. The molecule has 4 aromatic rings. The highest BCUT2D eigenvalue weighted by Crippen LogP contribution is 2.45. The van der Waals surface area contributed by atoms with Gasteiger partial charge in [-0.15, -0.1) is 0 Å². The van der Waals surface area contributed by atoms with Gasteiger partial charge in [0.1, 0.15) is 17.3 Å². The number of anilines is 1. The summed E-state index contributed by atoms with van der Waals surface area (Å²) >= 11 is 0. The number of amides is 1. The fourth-order valence-electron chi connectivity index (χ4n) is 5.19. The summed E-state index contributed by atoms with van der Waals surface area (Å²) in [7, 11) is 0. The fraction of sp³-hybridized carbons (Fsp3) is 0.250. The number of benzene rings is 3. The molecule has 5 rings (SSSR count). The molecule has 0 spiro atoms. The number of rotatable bonds is 8. The number of ether oxygens (including phenoxy) is 2. The van der Waals surface area contributed by atoms with E-state index in [1.807, 2.05) is 58.0 Å². The average Bonchev–Trinajstić information content (AvgIpc) is 3.47. The van der Waals surface area contributed by atoms with Crippen molar-refractivity contribution in [2.45, 2.75) is 39.7 Å². The lowest BCUT2D eigenvalue weighted by Gasteiger charge is -2.25. The topological polar surface area (TPSA) is 91.9 Å². The van der Waals surface area contributed by atoms with Crippen molar-refractivity contribution in [2.75, 3.05) is 18.1 Å². The first-order valence-corrected chi connectivity index (χ1v) is 13.2. The number of hydrogen-bond donors (Lipinski definition) is 2. The standard InChI is InChI=1S/C32H32N2O5/c1-5-38-22-11-9-10-21(17-22)34-29(25-18-33-26-13-8-7-12-23(25)26)28(31(36)32(34)37)30(35)20-14-15-27(39-6-2)24(16-20)19(3)4/h7-19,29,33,35H,5-6H2,1-4H3/b30-28+. The normalized spacial score (nSPS) is 16.8. The first-order chi connectivity index (χ1) is 18.8. The Hall–Kier alpha value is -4.52. The minimum atomic E-state index is -0.855. The Bertz CT molecular complexity index is 1580. The summed E-state index contributed by atoms with van der Waals surface area (Å²) in [6, 6.07) is 19.3. The van der Waals surface area contributed by atoms with Crippen molar-refractivity contribution in [3.8, 4) is 11.5 Å². The maximum Gasteiger partial charge on any atom is 0.300 e. The maximum absolute atomic E-state index is 13.7. The van der Waals surface area contributed by atoms with Crippen molar-refractivity contribution in [1.82, 2.24) is 4.98 Å². The Balaban J connectivity index is 1.74. The van der Waals surface area contributed by atoms with Crippen LogP contribution in [0.5, 0.6) is 11.5 Å². The zero-order valence-electron chi connectivity index (χ0n) is 22.5. The van der Waals surface area contributed by atoms with Gasteiger partial charge in [-0.25, -0.2) is 0 Å². The number of carbonyl (C=O) groups is 2. The number of aromatic amines is 1. The number of para-hydroxylation sites is 1. The average molecular weight is 525 g/mol. The Morgan fingerprint density at radius 3 is 2.49 bits per heavy atom. The number of H-pyrrole nitrogens is 1. The highest BCUT2D eigenvalue weighted by Gasteiger charge is 2.47. The zero-order chi connectivity index (χ0) is 27.7. The van der Waals surface area contributed by atoms with Crippen molar-refractivity contribution in [3.05, 3.63) is 95.2 Å². The molecule has 0 aliphatic carbocycles. The van der Waals surface area contributed by atoms with Gasteiger partial charge >= 0.3 is 0 Å². The summed E-state index contributed by atoms with van der Waals surface area (Å²) in [5, 5.41) is 12.5. The molecule has 1 amide bonds. The molecule has 7 heteroatoms. The molecular formula is C32H32N2O5. The molecule has 2 heterocycles. The van der Waals surface area contributed by atoms with Crippen LogP contribution in [0.3, 0.4) is 0 Å². The molecule has 1 aliphatic heterocycles. The molecule has 0 saturated carbocycles. The molecule has 1 atom stereocenters. The number of nitrogens with zero attached hydrogens (tertiary/aromatic N) is 1. The van der Waals surface area contributed by atoms with Gasteiger partial charge in [-0.05, 0) is 61.7 Å². The summed E-state index contributed by atoms with van der Waals surface area (Å²) in [4.78, 5) is 32.0. The Labute approximate surface area is 227 Å².